The number of ether oxygens (including phenoxy) is 2. The number of aromatic nitrogens is 1. The van der Waals surface area contributed by atoms with Crippen LogP contribution in [0, 0.1) is 10.1 Å². The lowest BCUT2D eigenvalue weighted by molar-refractivity contribution is -0.384. The average Bonchev–Trinajstić information content (AvgIpc) is 3.29. The molecule has 0 radical (unpaired) electrons. The highest BCUT2D eigenvalue weighted by atomic mass is 35.5. The molecule has 0 aliphatic heterocycles. The van der Waals surface area contributed by atoms with Crippen LogP contribution >= 0.6 is 22.9 Å². The summed E-state index contributed by atoms with van der Waals surface area (Å²) in [5.74, 6) is -1.18. The molecule has 1 N–H and O–H groups in total. The van der Waals surface area contributed by atoms with Crippen molar-refractivity contribution >= 4 is 57.1 Å². The number of rotatable bonds is 7. The third-order valence-corrected chi connectivity index (χ3v) is 6.32. The summed E-state index contributed by atoms with van der Waals surface area (Å²) < 4.78 is 11.2. The lowest BCUT2D eigenvalue weighted by Crippen LogP contribution is -2.30. The molecule has 2 heterocycles. The van der Waals surface area contributed by atoms with Gasteiger partial charge in [-0.2, -0.15) is 0 Å². The SMILES string of the molecule is COc1ccc([N+](=O)[O-])cc1NC(=O)[C@@H](C)OC(=O)c1cc(-c2ccc(Cl)s2)nc2ccccc12. The van der Waals surface area contributed by atoms with E-state index in [1.807, 2.05) is 6.07 Å². The third kappa shape index (κ3) is 5.23. The first-order chi connectivity index (χ1) is 16.8. The number of carbonyl (C=O) groups excluding carboxylic acids is 2. The molecule has 0 aliphatic rings. The number of nitrogens with zero attached hydrogens (tertiary/aromatic N) is 2. The van der Waals surface area contributed by atoms with Crippen LogP contribution in [0.1, 0.15) is 17.3 Å². The molecule has 0 bridgehead atoms. The number of amides is 1. The van der Waals surface area contributed by atoms with Crippen LogP contribution in [0.2, 0.25) is 4.34 Å². The first-order valence-corrected chi connectivity index (χ1v) is 11.5. The summed E-state index contributed by atoms with van der Waals surface area (Å²) in [4.78, 5) is 41.7. The molecule has 0 spiro atoms. The molecule has 4 rings (SSSR count). The first-order valence-electron chi connectivity index (χ1n) is 10.3. The molecular formula is C24H18ClN3O6S. The van der Waals surface area contributed by atoms with Gasteiger partial charge < -0.3 is 14.8 Å². The summed E-state index contributed by atoms with van der Waals surface area (Å²) >= 11 is 7.38. The van der Waals surface area contributed by atoms with Crippen molar-refractivity contribution in [3.63, 3.8) is 0 Å². The second-order valence-electron chi connectivity index (χ2n) is 7.35. The van der Waals surface area contributed by atoms with E-state index >= 15 is 0 Å². The van der Waals surface area contributed by atoms with Gasteiger partial charge in [0.15, 0.2) is 6.10 Å². The Bertz CT molecular complexity index is 1450. The Labute approximate surface area is 208 Å². The van der Waals surface area contributed by atoms with E-state index in [0.29, 0.717) is 20.9 Å². The second kappa shape index (κ2) is 10.1. The van der Waals surface area contributed by atoms with Crippen molar-refractivity contribution in [2.75, 3.05) is 12.4 Å². The van der Waals surface area contributed by atoms with Crippen LogP contribution in [-0.2, 0) is 9.53 Å². The first kappa shape index (κ1) is 24.1. The highest BCUT2D eigenvalue weighted by Gasteiger charge is 2.23. The van der Waals surface area contributed by atoms with E-state index in [-0.39, 0.29) is 22.7 Å². The molecule has 178 valence electrons. The Hall–Kier alpha value is -4.02. The summed E-state index contributed by atoms with van der Waals surface area (Å²) in [5.41, 5.74) is 1.23. The largest absolute Gasteiger partial charge is 0.495 e. The summed E-state index contributed by atoms with van der Waals surface area (Å²) in [5, 5.41) is 14.2. The van der Waals surface area contributed by atoms with Gasteiger partial charge in [-0.25, -0.2) is 9.78 Å². The molecule has 4 aromatic rings. The molecule has 0 fully saturated rings. The summed E-state index contributed by atoms with van der Waals surface area (Å²) in [7, 11) is 1.37. The number of esters is 1. The number of hydrogen-bond acceptors (Lipinski definition) is 8. The lowest BCUT2D eigenvalue weighted by Gasteiger charge is -2.16. The number of anilines is 1. The average molecular weight is 512 g/mol. The minimum Gasteiger partial charge on any atom is -0.495 e. The highest BCUT2D eigenvalue weighted by Crippen LogP contribution is 2.33. The Morgan fingerprint density at radius 1 is 1.14 bits per heavy atom. The number of halogens is 1. The van der Waals surface area contributed by atoms with E-state index in [2.05, 4.69) is 10.3 Å². The van der Waals surface area contributed by atoms with Crippen molar-refractivity contribution in [2.24, 2.45) is 0 Å². The minimum absolute atomic E-state index is 0.0841. The smallest absolute Gasteiger partial charge is 0.339 e. The number of para-hydroxylation sites is 1. The Kier molecular flexibility index (Phi) is 6.94. The number of carbonyl (C=O) groups is 2. The Balaban J connectivity index is 1.59. The molecule has 0 saturated carbocycles. The Morgan fingerprint density at radius 2 is 1.91 bits per heavy atom. The maximum absolute atomic E-state index is 13.1. The Morgan fingerprint density at radius 3 is 2.60 bits per heavy atom. The van der Waals surface area contributed by atoms with Gasteiger partial charge in [0.25, 0.3) is 11.6 Å². The zero-order chi connectivity index (χ0) is 25.1. The zero-order valence-corrected chi connectivity index (χ0v) is 20.1. The molecule has 0 saturated heterocycles. The fraction of sp³-hybridized carbons (Fsp3) is 0.125. The monoisotopic (exact) mass is 511 g/mol. The van der Waals surface area contributed by atoms with E-state index in [1.54, 1.807) is 36.4 Å². The molecule has 35 heavy (non-hydrogen) atoms. The van der Waals surface area contributed by atoms with Gasteiger partial charge in [-0.05, 0) is 37.3 Å². The number of nitrogens with one attached hydrogen (secondary N) is 1. The fourth-order valence-corrected chi connectivity index (χ4v) is 4.35. The van der Waals surface area contributed by atoms with E-state index < -0.39 is 22.9 Å². The molecule has 1 atom stereocenters. The van der Waals surface area contributed by atoms with Crippen molar-refractivity contribution < 1.29 is 24.0 Å². The van der Waals surface area contributed by atoms with Gasteiger partial charge in [0, 0.05) is 17.5 Å². The van der Waals surface area contributed by atoms with Crippen LogP contribution in [0.25, 0.3) is 21.5 Å². The van der Waals surface area contributed by atoms with Crippen molar-refractivity contribution in [2.45, 2.75) is 13.0 Å². The number of fused-ring (bicyclic) bond motifs is 1. The van der Waals surface area contributed by atoms with Crippen LogP contribution in [0.4, 0.5) is 11.4 Å². The van der Waals surface area contributed by atoms with Crippen LogP contribution < -0.4 is 10.1 Å². The summed E-state index contributed by atoms with van der Waals surface area (Å²) in [6.07, 6.45) is -1.21. The van der Waals surface area contributed by atoms with Crippen LogP contribution in [0.3, 0.4) is 0 Å². The zero-order valence-electron chi connectivity index (χ0n) is 18.5. The van der Waals surface area contributed by atoms with E-state index in [1.165, 1.54) is 43.6 Å². The minimum atomic E-state index is -1.21. The number of nitro benzene ring substituents is 1. The van der Waals surface area contributed by atoms with E-state index in [0.717, 1.165) is 4.88 Å². The number of pyridine rings is 1. The number of methoxy groups -OCH3 is 1. The van der Waals surface area contributed by atoms with Crippen LogP contribution in [0.15, 0.2) is 60.7 Å². The number of thiophene rings is 1. The number of hydrogen-bond donors (Lipinski definition) is 1. The van der Waals surface area contributed by atoms with Crippen molar-refractivity contribution in [1.29, 1.82) is 0 Å². The number of non-ortho nitro benzene ring substituents is 1. The number of benzene rings is 2. The molecule has 11 heteroatoms. The summed E-state index contributed by atoms with van der Waals surface area (Å²) in [6.45, 7) is 1.40. The maximum Gasteiger partial charge on any atom is 0.339 e. The normalized spacial score (nSPS) is 11.6. The predicted octanol–water partition coefficient (Wildman–Crippen LogP) is 5.72. The van der Waals surface area contributed by atoms with Gasteiger partial charge in [0.05, 0.1) is 43.7 Å². The number of nitro groups is 1. The van der Waals surface area contributed by atoms with Crippen molar-refractivity contribution in [1.82, 2.24) is 4.98 Å². The van der Waals surface area contributed by atoms with E-state index in [9.17, 15) is 19.7 Å². The topological polar surface area (TPSA) is 121 Å². The lowest BCUT2D eigenvalue weighted by atomic mass is 10.1. The molecule has 0 unspecified atom stereocenters. The molecule has 0 aliphatic carbocycles. The summed E-state index contributed by atoms with van der Waals surface area (Å²) in [6, 6.07) is 16.0. The third-order valence-electron chi connectivity index (χ3n) is 5.07. The van der Waals surface area contributed by atoms with Gasteiger partial charge in [-0.3, -0.25) is 14.9 Å². The van der Waals surface area contributed by atoms with Gasteiger partial charge in [-0.15, -0.1) is 11.3 Å². The molecule has 2 aromatic carbocycles. The molecular weight excluding hydrogens is 494 g/mol. The van der Waals surface area contributed by atoms with Crippen LogP contribution in [0.5, 0.6) is 5.75 Å². The van der Waals surface area contributed by atoms with Crippen molar-refractivity contribution in [3.05, 3.63) is 80.7 Å². The standard InChI is InChI=1S/C24H18ClN3O6S/c1-13(23(29)27-18-11-14(28(31)32)7-8-20(18)33-2)34-24(30)16-12-19(21-9-10-22(25)35-21)26-17-6-4-3-5-15(16)17/h3-13H,1-2H3,(H,27,29)/t13-/m1/s1. The van der Waals surface area contributed by atoms with E-state index in [4.69, 9.17) is 21.1 Å². The molecule has 1 amide bonds. The molecule has 9 nitrogen and oxygen atoms in total. The fourth-order valence-electron chi connectivity index (χ4n) is 3.34. The van der Waals surface area contributed by atoms with Gasteiger partial charge >= 0.3 is 5.97 Å². The highest BCUT2D eigenvalue weighted by molar-refractivity contribution is 7.19. The van der Waals surface area contributed by atoms with Gasteiger partial charge in [0.2, 0.25) is 0 Å². The molecule has 2 aromatic heterocycles. The van der Waals surface area contributed by atoms with Gasteiger partial charge in [-0.1, -0.05) is 29.8 Å². The quantitative estimate of drug-likeness (QED) is 0.191. The van der Waals surface area contributed by atoms with Gasteiger partial charge in [0.1, 0.15) is 5.75 Å². The van der Waals surface area contributed by atoms with Crippen molar-refractivity contribution in [3.8, 4) is 16.3 Å². The predicted molar refractivity (Wildman–Crippen MR) is 133 cm³/mol. The van der Waals surface area contributed by atoms with Crippen LogP contribution in [-0.4, -0.2) is 35.0 Å². The second-order valence-corrected chi connectivity index (χ2v) is 9.07. The maximum atomic E-state index is 13.1.